The number of aromatic nitrogens is 2. The van der Waals surface area contributed by atoms with Crippen molar-refractivity contribution in [2.45, 2.75) is 20.0 Å². The maximum atomic E-state index is 11.2. The molecular formula is C14H16ClN3O3. The summed E-state index contributed by atoms with van der Waals surface area (Å²) < 4.78 is 7.21. The summed E-state index contributed by atoms with van der Waals surface area (Å²) in [6, 6.07) is 4.60. The minimum Gasteiger partial charge on any atom is -0.484 e. The molecule has 0 saturated heterocycles. The lowest BCUT2D eigenvalue weighted by atomic mass is 10.2. The molecule has 0 atom stereocenters. The quantitative estimate of drug-likeness (QED) is 0.828. The number of nitrogens with zero attached hydrogens (tertiary/aromatic N) is 2. The number of aromatic carboxylic acids is 1. The van der Waals surface area contributed by atoms with E-state index in [1.807, 2.05) is 6.92 Å². The lowest BCUT2D eigenvalue weighted by molar-refractivity contribution is 0.0692. The van der Waals surface area contributed by atoms with Gasteiger partial charge in [0.05, 0.1) is 22.1 Å². The van der Waals surface area contributed by atoms with Crippen molar-refractivity contribution >= 4 is 23.3 Å². The molecule has 6 nitrogen and oxygen atoms in total. The van der Waals surface area contributed by atoms with E-state index in [2.05, 4.69) is 5.10 Å². The Kier molecular flexibility index (Phi) is 4.37. The number of benzene rings is 1. The Labute approximate surface area is 127 Å². The van der Waals surface area contributed by atoms with Crippen molar-refractivity contribution in [3.8, 4) is 5.75 Å². The minimum atomic E-state index is -1.09. The van der Waals surface area contributed by atoms with Gasteiger partial charge in [-0.05, 0) is 18.6 Å². The Hall–Kier alpha value is -2.21. The molecule has 0 saturated carbocycles. The lowest BCUT2D eigenvalue weighted by Gasteiger charge is -2.12. The number of hydrogen-bond donors (Lipinski definition) is 2. The summed E-state index contributed by atoms with van der Waals surface area (Å²) in [5, 5.41) is 14.0. The highest BCUT2D eigenvalue weighted by Crippen LogP contribution is 2.29. The predicted octanol–water partition coefficient (Wildman–Crippen LogP) is 2.50. The van der Waals surface area contributed by atoms with E-state index >= 15 is 0 Å². The Morgan fingerprint density at radius 2 is 2.24 bits per heavy atom. The molecule has 112 valence electrons. The maximum Gasteiger partial charge on any atom is 0.339 e. The molecule has 1 aromatic carbocycles. The van der Waals surface area contributed by atoms with Crippen LogP contribution in [-0.2, 0) is 20.1 Å². The van der Waals surface area contributed by atoms with Crippen LogP contribution in [0.2, 0.25) is 5.02 Å². The van der Waals surface area contributed by atoms with Gasteiger partial charge in [-0.3, -0.25) is 4.68 Å². The second-order valence-electron chi connectivity index (χ2n) is 4.50. The fourth-order valence-corrected chi connectivity index (χ4v) is 2.35. The molecule has 0 aliphatic rings. The highest BCUT2D eigenvalue weighted by Gasteiger charge is 2.17. The number of rotatable bonds is 5. The Balaban J connectivity index is 2.29. The number of carboxylic acids is 1. The molecule has 2 aromatic rings. The van der Waals surface area contributed by atoms with Crippen molar-refractivity contribution in [1.29, 1.82) is 0 Å². The smallest absolute Gasteiger partial charge is 0.339 e. The molecule has 0 fully saturated rings. The van der Waals surface area contributed by atoms with Gasteiger partial charge in [-0.1, -0.05) is 24.6 Å². The van der Waals surface area contributed by atoms with Crippen molar-refractivity contribution < 1.29 is 14.6 Å². The van der Waals surface area contributed by atoms with Gasteiger partial charge in [0.2, 0.25) is 0 Å². The zero-order valence-electron chi connectivity index (χ0n) is 11.8. The maximum absolute atomic E-state index is 11.2. The van der Waals surface area contributed by atoms with Crippen LogP contribution in [0.25, 0.3) is 0 Å². The summed E-state index contributed by atoms with van der Waals surface area (Å²) in [5.41, 5.74) is 7.52. The second kappa shape index (κ2) is 6.05. The molecule has 21 heavy (non-hydrogen) atoms. The van der Waals surface area contributed by atoms with Crippen molar-refractivity contribution in [2.75, 3.05) is 5.73 Å². The molecular weight excluding hydrogens is 294 g/mol. The standard InChI is InChI=1S/C14H16ClN3O3/c1-3-10-12(15)11(18(2)17-10)7-21-13-8(14(19)20)5-4-6-9(13)16/h4-6H,3,7,16H2,1-2H3,(H,19,20). The number of para-hydroxylation sites is 1. The largest absolute Gasteiger partial charge is 0.484 e. The van der Waals surface area contributed by atoms with Gasteiger partial charge in [-0.2, -0.15) is 5.10 Å². The van der Waals surface area contributed by atoms with E-state index in [9.17, 15) is 4.79 Å². The SMILES string of the molecule is CCc1nn(C)c(COc2c(N)cccc2C(=O)O)c1Cl. The first-order chi connectivity index (χ1) is 9.95. The topological polar surface area (TPSA) is 90.4 Å². The predicted molar refractivity (Wildman–Crippen MR) is 79.7 cm³/mol. The van der Waals surface area contributed by atoms with Crippen LogP contribution in [-0.4, -0.2) is 20.9 Å². The molecule has 7 heteroatoms. The third-order valence-corrected chi connectivity index (χ3v) is 3.57. The first kappa shape index (κ1) is 15.2. The molecule has 0 bridgehead atoms. The molecule has 0 spiro atoms. The fourth-order valence-electron chi connectivity index (χ4n) is 2.00. The van der Waals surface area contributed by atoms with Crippen LogP contribution in [0.15, 0.2) is 18.2 Å². The second-order valence-corrected chi connectivity index (χ2v) is 4.88. The summed E-state index contributed by atoms with van der Waals surface area (Å²) in [6.07, 6.45) is 0.709. The van der Waals surface area contributed by atoms with Gasteiger partial charge in [-0.25, -0.2) is 4.79 Å². The normalized spacial score (nSPS) is 10.6. The number of aryl methyl sites for hydroxylation is 2. The highest BCUT2D eigenvalue weighted by molar-refractivity contribution is 6.31. The van der Waals surface area contributed by atoms with Crippen LogP contribution in [0.5, 0.6) is 5.75 Å². The summed E-state index contributed by atoms with van der Waals surface area (Å²) in [5.74, 6) is -0.956. The number of carbonyl (C=O) groups is 1. The highest BCUT2D eigenvalue weighted by atomic mass is 35.5. The average Bonchev–Trinajstić information content (AvgIpc) is 2.72. The van der Waals surface area contributed by atoms with Crippen LogP contribution in [0.3, 0.4) is 0 Å². The number of anilines is 1. The van der Waals surface area contributed by atoms with Crippen molar-refractivity contribution in [3.05, 3.63) is 40.2 Å². The van der Waals surface area contributed by atoms with Crippen LogP contribution >= 0.6 is 11.6 Å². The van der Waals surface area contributed by atoms with Gasteiger partial charge < -0.3 is 15.6 Å². The van der Waals surface area contributed by atoms with Crippen molar-refractivity contribution in [1.82, 2.24) is 9.78 Å². The molecule has 0 unspecified atom stereocenters. The number of halogens is 1. The molecule has 2 rings (SSSR count). The van der Waals surface area contributed by atoms with Gasteiger partial charge in [0.1, 0.15) is 12.2 Å². The monoisotopic (exact) mass is 309 g/mol. The van der Waals surface area contributed by atoms with E-state index in [0.717, 1.165) is 5.69 Å². The third kappa shape index (κ3) is 2.95. The van der Waals surface area contributed by atoms with Gasteiger partial charge in [0.25, 0.3) is 0 Å². The van der Waals surface area contributed by atoms with Gasteiger partial charge in [0.15, 0.2) is 5.75 Å². The summed E-state index contributed by atoms with van der Waals surface area (Å²) in [6.45, 7) is 2.05. The Bertz CT molecular complexity index is 682. The van der Waals surface area contributed by atoms with E-state index < -0.39 is 5.97 Å². The molecule has 1 aromatic heterocycles. The van der Waals surface area contributed by atoms with Crippen molar-refractivity contribution in [3.63, 3.8) is 0 Å². The van der Waals surface area contributed by atoms with Gasteiger partial charge in [0, 0.05) is 7.05 Å². The summed E-state index contributed by atoms with van der Waals surface area (Å²) >= 11 is 6.23. The van der Waals surface area contributed by atoms with E-state index in [0.29, 0.717) is 17.1 Å². The van der Waals surface area contributed by atoms with Crippen LogP contribution < -0.4 is 10.5 Å². The number of ether oxygens (including phenoxy) is 1. The first-order valence-corrected chi connectivity index (χ1v) is 6.78. The van der Waals surface area contributed by atoms with E-state index in [1.165, 1.54) is 6.07 Å². The van der Waals surface area contributed by atoms with Crippen LogP contribution in [0.4, 0.5) is 5.69 Å². The number of nitrogen functional groups attached to an aromatic ring is 1. The van der Waals surface area contributed by atoms with Crippen LogP contribution in [0, 0.1) is 0 Å². The summed E-state index contributed by atoms with van der Waals surface area (Å²) in [7, 11) is 1.76. The molecule has 1 heterocycles. The average molecular weight is 310 g/mol. The van der Waals surface area contributed by atoms with E-state index in [4.69, 9.17) is 27.2 Å². The number of nitrogens with two attached hydrogens (primary N) is 1. The first-order valence-electron chi connectivity index (χ1n) is 6.40. The minimum absolute atomic E-state index is 0.0176. The Morgan fingerprint density at radius 3 is 2.81 bits per heavy atom. The van der Waals surface area contributed by atoms with Gasteiger partial charge >= 0.3 is 5.97 Å². The van der Waals surface area contributed by atoms with E-state index in [-0.39, 0.29) is 23.6 Å². The fraction of sp³-hybridized carbons (Fsp3) is 0.286. The van der Waals surface area contributed by atoms with Crippen LogP contribution in [0.1, 0.15) is 28.7 Å². The molecule has 3 N–H and O–H groups in total. The molecule has 0 aliphatic carbocycles. The van der Waals surface area contributed by atoms with Crippen molar-refractivity contribution in [2.24, 2.45) is 7.05 Å². The molecule has 0 amide bonds. The number of carboxylic acid groups (broad SMARTS) is 1. The molecule has 0 aliphatic heterocycles. The molecule has 0 radical (unpaired) electrons. The van der Waals surface area contributed by atoms with E-state index in [1.54, 1.807) is 23.9 Å². The van der Waals surface area contributed by atoms with Gasteiger partial charge in [-0.15, -0.1) is 0 Å². The number of hydrogen-bond acceptors (Lipinski definition) is 4. The Morgan fingerprint density at radius 1 is 1.52 bits per heavy atom. The zero-order valence-corrected chi connectivity index (χ0v) is 12.5. The zero-order chi connectivity index (χ0) is 15.6. The summed E-state index contributed by atoms with van der Waals surface area (Å²) in [4.78, 5) is 11.2. The third-order valence-electron chi connectivity index (χ3n) is 3.13. The lowest BCUT2D eigenvalue weighted by Crippen LogP contribution is -2.08.